The highest BCUT2D eigenvalue weighted by Crippen LogP contribution is 2.30. The first-order valence-corrected chi connectivity index (χ1v) is 36.1. The topological polar surface area (TPSA) is 228 Å². The van der Waals surface area contributed by atoms with E-state index in [9.17, 15) is 45.6 Å². The highest BCUT2D eigenvalue weighted by Gasteiger charge is 2.51. The third-order valence-electron chi connectivity index (χ3n) is 16.5. The Bertz CT molecular complexity index is 2110. The fraction of sp³-hybridized carbons (Fsp3) is 0.679. The van der Waals surface area contributed by atoms with Gasteiger partial charge in [0.2, 0.25) is 5.91 Å². The zero-order chi connectivity index (χ0) is 66.6. The number of rotatable bonds is 57. The van der Waals surface area contributed by atoms with Crippen LogP contribution in [-0.4, -0.2) is 140 Å². The van der Waals surface area contributed by atoms with Crippen LogP contribution in [0.1, 0.15) is 245 Å². The Labute approximate surface area is 557 Å². The number of hydrogen-bond acceptors (Lipinski definition) is 13. The van der Waals surface area contributed by atoms with Crippen molar-refractivity contribution in [3.63, 3.8) is 0 Å². The average molecular weight is 1290 g/mol. The number of carbonyl (C=O) groups is 1. The van der Waals surface area contributed by atoms with Gasteiger partial charge in [0.25, 0.3) is 0 Å². The molecule has 0 radical (unpaired) electrons. The van der Waals surface area contributed by atoms with Crippen LogP contribution in [-0.2, 0) is 23.7 Å². The molecule has 12 unspecified atom stereocenters. The van der Waals surface area contributed by atoms with Crippen LogP contribution >= 0.6 is 0 Å². The molecule has 0 saturated carbocycles. The summed E-state index contributed by atoms with van der Waals surface area (Å²) in [7, 11) is 0. The van der Waals surface area contributed by atoms with Crippen molar-refractivity contribution in [2.45, 2.75) is 319 Å². The van der Waals surface area contributed by atoms with E-state index in [0.29, 0.717) is 12.8 Å². The number of carbonyl (C=O) groups excluding carboxylic acids is 1. The van der Waals surface area contributed by atoms with E-state index in [1.807, 2.05) is 6.08 Å². The minimum Gasteiger partial charge on any atom is -0.394 e. The van der Waals surface area contributed by atoms with Gasteiger partial charge in [-0.15, -0.1) is 0 Å². The van der Waals surface area contributed by atoms with Crippen LogP contribution in [0, 0.1) is 0 Å². The van der Waals surface area contributed by atoms with Gasteiger partial charge in [-0.05, 0) is 116 Å². The average Bonchev–Trinajstić information content (AvgIpc) is 1.05. The summed E-state index contributed by atoms with van der Waals surface area (Å²) in [5.41, 5.74) is 0. The van der Waals surface area contributed by atoms with E-state index in [4.69, 9.17) is 18.9 Å². The summed E-state index contributed by atoms with van der Waals surface area (Å²) >= 11 is 0. The van der Waals surface area contributed by atoms with Crippen LogP contribution in [0.5, 0.6) is 0 Å². The first-order valence-electron chi connectivity index (χ1n) is 36.1. The summed E-state index contributed by atoms with van der Waals surface area (Å²) in [6.07, 6.45) is 74.7. The van der Waals surface area contributed by atoms with Crippen molar-refractivity contribution in [3.8, 4) is 0 Å². The maximum Gasteiger partial charge on any atom is 0.220 e. The Morgan fingerprint density at radius 3 is 1.20 bits per heavy atom. The lowest BCUT2D eigenvalue weighted by atomic mass is 9.97. The Morgan fingerprint density at radius 2 is 0.761 bits per heavy atom. The molecule has 0 spiro atoms. The molecule has 92 heavy (non-hydrogen) atoms. The lowest BCUT2D eigenvalue weighted by Crippen LogP contribution is -2.65. The van der Waals surface area contributed by atoms with Gasteiger partial charge in [0.15, 0.2) is 12.6 Å². The van der Waals surface area contributed by atoms with Crippen molar-refractivity contribution in [2.24, 2.45) is 0 Å². The number of aliphatic hydroxyl groups excluding tert-OH is 8. The number of allylic oxidation sites excluding steroid dienone is 23. The van der Waals surface area contributed by atoms with Gasteiger partial charge in [0.05, 0.1) is 32.0 Å². The first-order chi connectivity index (χ1) is 45.1. The minimum absolute atomic E-state index is 0.257. The van der Waals surface area contributed by atoms with Gasteiger partial charge in [-0.25, -0.2) is 0 Å². The second-order valence-corrected chi connectivity index (χ2v) is 24.6. The second-order valence-electron chi connectivity index (χ2n) is 24.6. The van der Waals surface area contributed by atoms with Crippen molar-refractivity contribution in [1.29, 1.82) is 0 Å². The molecular weight excluding hydrogens is 1160 g/mol. The molecule has 14 heteroatoms. The molecule has 12 atom stereocenters. The predicted molar refractivity (Wildman–Crippen MR) is 378 cm³/mol. The summed E-state index contributed by atoms with van der Waals surface area (Å²) in [6.45, 7) is 2.65. The number of hydrogen-bond donors (Lipinski definition) is 9. The molecule has 2 saturated heterocycles. The van der Waals surface area contributed by atoms with Gasteiger partial charge in [-0.2, -0.15) is 0 Å². The number of nitrogens with one attached hydrogen (secondary N) is 1. The van der Waals surface area contributed by atoms with Crippen LogP contribution in [0.25, 0.3) is 0 Å². The van der Waals surface area contributed by atoms with Crippen molar-refractivity contribution < 1.29 is 64.6 Å². The molecule has 1 amide bonds. The summed E-state index contributed by atoms with van der Waals surface area (Å²) in [6, 6.07) is -0.950. The van der Waals surface area contributed by atoms with Gasteiger partial charge in [0.1, 0.15) is 48.8 Å². The van der Waals surface area contributed by atoms with Crippen LogP contribution in [0.2, 0.25) is 0 Å². The molecule has 524 valence electrons. The Kier molecular flexibility index (Phi) is 55.2. The molecule has 2 fully saturated rings. The standard InChI is InChI=1S/C78H129NO13/c1-3-5-7-9-11-13-15-17-19-21-23-24-25-26-27-28-29-30-31-32-33-34-35-36-37-38-39-40-41-42-44-46-48-50-52-54-56-58-60-62-70(83)79-66(67(82)61-59-57-55-53-51-49-47-45-43-22-20-18-16-14-12-10-8-6-4-2)65-89-77-75(88)73(86)76(69(64-81)91-77)92-78-74(87)72(85)71(84)68(63-80)90-78/h5,7,11,13,17,19,23-24,26-27,29-30,32-33,35-36,38-39,43,45,51,53,59,61,66-69,71-78,80-82,84-88H,3-4,6,8-10,12,14-16,18,20-22,25,28,31,34,37,40-42,44,46-50,52,54-58,60,62-65H2,1-2H3,(H,79,83)/b7-5-,13-11-,19-17-,24-23-,27-26-,30-29-,33-32-,36-35-,39-38-,45-43+,53-51+,61-59+. The van der Waals surface area contributed by atoms with Crippen molar-refractivity contribution in [3.05, 3.63) is 146 Å². The molecule has 0 aromatic carbocycles. The molecule has 0 aromatic rings. The van der Waals surface area contributed by atoms with Gasteiger partial charge < -0.3 is 65.1 Å². The van der Waals surface area contributed by atoms with E-state index < -0.39 is 86.8 Å². The fourth-order valence-electron chi connectivity index (χ4n) is 10.8. The maximum atomic E-state index is 13.3. The lowest BCUT2D eigenvalue weighted by Gasteiger charge is -2.46. The van der Waals surface area contributed by atoms with Crippen LogP contribution in [0.3, 0.4) is 0 Å². The highest BCUT2D eigenvalue weighted by molar-refractivity contribution is 5.76. The monoisotopic (exact) mass is 1290 g/mol. The summed E-state index contributed by atoms with van der Waals surface area (Å²) in [5, 5.41) is 87.4. The third kappa shape index (κ3) is 43.8. The van der Waals surface area contributed by atoms with Crippen LogP contribution in [0.4, 0.5) is 0 Å². The lowest BCUT2D eigenvalue weighted by molar-refractivity contribution is -0.359. The third-order valence-corrected chi connectivity index (χ3v) is 16.5. The fourth-order valence-corrected chi connectivity index (χ4v) is 10.8. The zero-order valence-electron chi connectivity index (χ0n) is 57.0. The number of aliphatic hydroxyl groups is 8. The van der Waals surface area contributed by atoms with Crippen LogP contribution < -0.4 is 5.32 Å². The van der Waals surface area contributed by atoms with Crippen molar-refractivity contribution in [2.75, 3.05) is 19.8 Å². The van der Waals surface area contributed by atoms with E-state index in [1.54, 1.807) is 6.08 Å². The Morgan fingerprint density at radius 1 is 0.402 bits per heavy atom. The molecule has 2 aliphatic heterocycles. The minimum atomic E-state index is -1.80. The molecule has 0 aromatic heterocycles. The number of ether oxygens (including phenoxy) is 4. The summed E-state index contributed by atoms with van der Waals surface area (Å²) < 4.78 is 22.8. The van der Waals surface area contributed by atoms with E-state index in [0.717, 1.165) is 109 Å². The SMILES string of the molecule is CC/C=C\C/C=C\C/C=C\C/C=C\C/C=C\C/C=C\C/C=C\C/C=C\C/C=C\CCCCCCCCCCCCCC(=O)NC(COC1OC(CO)C(OC2OC(CO)C(O)C(O)C2O)C(O)C1O)C(O)/C=C/CC/C=C/CC/C=C/CCCCCCCCCCC. The van der Waals surface area contributed by atoms with E-state index in [2.05, 4.69) is 153 Å². The van der Waals surface area contributed by atoms with Gasteiger partial charge in [-0.3, -0.25) is 4.79 Å². The molecule has 14 nitrogen and oxygen atoms in total. The quantitative estimate of drug-likeness (QED) is 0.0204. The Hall–Kier alpha value is -4.13. The van der Waals surface area contributed by atoms with Gasteiger partial charge in [0, 0.05) is 6.42 Å². The molecule has 0 bridgehead atoms. The van der Waals surface area contributed by atoms with E-state index in [1.165, 1.54) is 103 Å². The normalized spacial score (nSPS) is 23.6. The molecule has 2 aliphatic rings. The molecule has 9 N–H and O–H groups in total. The van der Waals surface area contributed by atoms with E-state index in [-0.39, 0.29) is 18.9 Å². The van der Waals surface area contributed by atoms with Crippen molar-refractivity contribution in [1.82, 2.24) is 5.32 Å². The molecule has 0 aliphatic carbocycles. The van der Waals surface area contributed by atoms with Crippen LogP contribution in [0.15, 0.2) is 146 Å². The highest BCUT2D eigenvalue weighted by atomic mass is 16.7. The van der Waals surface area contributed by atoms with Crippen molar-refractivity contribution >= 4 is 5.91 Å². The summed E-state index contributed by atoms with van der Waals surface area (Å²) in [5.74, 6) is -0.262. The van der Waals surface area contributed by atoms with E-state index >= 15 is 0 Å². The molecular formula is C78H129NO13. The second kappa shape index (κ2) is 60.5. The van der Waals surface area contributed by atoms with Gasteiger partial charge in [-0.1, -0.05) is 269 Å². The number of amides is 1. The first kappa shape index (κ1) is 84.0. The predicted octanol–water partition coefficient (Wildman–Crippen LogP) is 15.2. The summed E-state index contributed by atoms with van der Waals surface area (Å²) in [4.78, 5) is 13.3. The Balaban J connectivity index is 1.65. The maximum absolute atomic E-state index is 13.3. The number of unbranched alkanes of at least 4 members (excludes halogenated alkanes) is 22. The molecule has 2 heterocycles. The van der Waals surface area contributed by atoms with Gasteiger partial charge >= 0.3 is 0 Å². The molecule has 2 rings (SSSR count). The smallest absolute Gasteiger partial charge is 0.220 e. The largest absolute Gasteiger partial charge is 0.394 e. The zero-order valence-corrected chi connectivity index (χ0v) is 57.0.